The predicted octanol–water partition coefficient (Wildman–Crippen LogP) is 2.68. The number of anilines is 2. The van der Waals surface area contributed by atoms with Crippen molar-refractivity contribution >= 4 is 11.6 Å². The molecule has 118 valence electrons. The maximum Gasteiger partial charge on any atom is 0.225 e. The first-order valence-corrected chi connectivity index (χ1v) is 7.86. The molecule has 0 N–H and O–H groups in total. The highest BCUT2D eigenvalue weighted by Crippen LogP contribution is 2.27. The number of rotatable bonds is 3. The molecule has 2 heterocycles. The van der Waals surface area contributed by atoms with Gasteiger partial charge in [0.15, 0.2) is 0 Å². The van der Waals surface area contributed by atoms with Gasteiger partial charge in [0.2, 0.25) is 5.95 Å². The highest BCUT2D eigenvalue weighted by Gasteiger charge is 2.28. The van der Waals surface area contributed by atoms with Crippen LogP contribution < -0.4 is 9.80 Å². The van der Waals surface area contributed by atoms with Crippen molar-refractivity contribution in [2.24, 2.45) is 0 Å². The summed E-state index contributed by atoms with van der Waals surface area (Å²) in [6.07, 6.45) is 2.84. The number of likely N-dealkylation sites (N-methyl/N-ethyl adjacent to an activating group) is 1. The number of hydrogen-bond acceptors (Lipinski definition) is 5. The maximum absolute atomic E-state index is 9.35. The normalized spacial score (nSPS) is 17.1. The number of aryl methyl sites for hydroxylation is 2. The molecule has 0 aliphatic carbocycles. The molecule has 1 saturated heterocycles. The quantitative estimate of drug-likeness (QED) is 0.872. The molecular weight excluding hydrogens is 286 g/mol. The van der Waals surface area contributed by atoms with Gasteiger partial charge in [0.25, 0.3) is 0 Å². The minimum Gasteiger partial charge on any atom is -0.368 e. The molecule has 0 spiro atoms. The second-order valence-corrected chi connectivity index (χ2v) is 6.13. The van der Waals surface area contributed by atoms with E-state index < -0.39 is 0 Å². The van der Waals surface area contributed by atoms with Crippen LogP contribution in [-0.2, 0) is 0 Å². The lowest BCUT2D eigenvalue weighted by Gasteiger charge is -2.26. The van der Waals surface area contributed by atoms with Crippen LogP contribution in [-0.4, -0.2) is 36.1 Å². The van der Waals surface area contributed by atoms with E-state index in [4.69, 9.17) is 0 Å². The average molecular weight is 307 g/mol. The third-order valence-corrected chi connectivity index (χ3v) is 4.42. The zero-order chi connectivity index (χ0) is 16.4. The van der Waals surface area contributed by atoms with Crippen LogP contribution in [0.4, 0.5) is 11.6 Å². The van der Waals surface area contributed by atoms with Crippen molar-refractivity contribution in [3.8, 4) is 6.07 Å². The lowest BCUT2D eigenvalue weighted by atomic mass is 10.1. The first-order chi connectivity index (χ1) is 11.1. The van der Waals surface area contributed by atoms with Gasteiger partial charge in [-0.15, -0.1) is 0 Å². The van der Waals surface area contributed by atoms with Crippen molar-refractivity contribution in [1.82, 2.24) is 9.97 Å². The minimum atomic E-state index is 0.351. The van der Waals surface area contributed by atoms with E-state index in [-0.39, 0.29) is 0 Å². The van der Waals surface area contributed by atoms with E-state index in [0.29, 0.717) is 6.04 Å². The summed E-state index contributed by atoms with van der Waals surface area (Å²) in [7, 11) is 2.05. The summed E-state index contributed by atoms with van der Waals surface area (Å²) in [5, 5.41) is 9.35. The van der Waals surface area contributed by atoms with Gasteiger partial charge in [-0.3, -0.25) is 0 Å². The molecule has 0 amide bonds. The Balaban J connectivity index is 1.79. The van der Waals surface area contributed by atoms with E-state index in [1.165, 1.54) is 5.56 Å². The molecule has 1 fully saturated rings. The van der Waals surface area contributed by atoms with E-state index in [2.05, 4.69) is 38.8 Å². The Morgan fingerprint density at radius 1 is 1.30 bits per heavy atom. The fourth-order valence-electron chi connectivity index (χ4n) is 3.04. The molecule has 0 saturated carbocycles. The van der Waals surface area contributed by atoms with Crippen LogP contribution in [0, 0.1) is 25.2 Å². The molecule has 1 aromatic carbocycles. The van der Waals surface area contributed by atoms with Crippen molar-refractivity contribution in [2.75, 3.05) is 29.9 Å². The van der Waals surface area contributed by atoms with Gasteiger partial charge in [-0.2, -0.15) is 5.26 Å². The summed E-state index contributed by atoms with van der Waals surface area (Å²) in [6.45, 7) is 5.86. The van der Waals surface area contributed by atoms with E-state index >= 15 is 0 Å². The molecule has 1 aliphatic heterocycles. The number of nitrogens with zero attached hydrogens (tertiary/aromatic N) is 5. The third kappa shape index (κ3) is 3.11. The molecule has 1 aromatic heterocycles. The molecule has 1 aliphatic rings. The maximum atomic E-state index is 9.35. The molecule has 3 rings (SSSR count). The van der Waals surface area contributed by atoms with Gasteiger partial charge < -0.3 is 9.80 Å². The van der Waals surface area contributed by atoms with Crippen molar-refractivity contribution in [3.05, 3.63) is 47.3 Å². The summed E-state index contributed by atoms with van der Waals surface area (Å²) in [6, 6.07) is 10.6. The Bertz CT molecular complexity index is 749. The zero-order valence-electron chi connectivity index (χ0n) is 13.8. The highest BCUT2D eigenvalue weighted by atomic mass is 15.3. The molecule has 0 radical (unpaired) electrons. The Morgan fingerprint density at radius 3 is 2.87 bits per heavy atom. The van der Waals surface area contributed by atoms with Crippen molar-refractivity contribution in [1.29, 1.82) is 5.26 Å². The molecular formula is C18H21N5. The zero-order valence-corrected chi connectivity index (χ0v) is 13.8. The highest BCUT2D eigenvalue weighted by molar-refractivity contribution is 5.61. The van der Waals surface area contributed by atoms with Gasteiger partial charge in [-0.1, -0.05) is 6.07 Å². The van der Waals surface area contributed by atoms with Crippen LogP contribution in [0.25, 0.3) is 0 Å². The average Bonchev–Trinajstić information content (AvgIpc) is 3.04. The van der Waals surface area contributed by atoms with Gasteiger partial charge in [-0.25, -0.2) is 9.97 Å². The predicted molar refractivity (Wildman–Crippen MR) is 91.7 cm³/mol. The van der Waals surface area contributed by atoms with E-state index in [9.17, 15) is 5.26 Å². The van der Waals surface area contributed by atoms with Crippen LogP contribution in [0.1, 0.15) is 23.2 Å². The smallest absolute Gasteiger partial charge is 0.225 e. The fourth-order valence-corrected chi connectivity index (χ4v) is 3.04. The fraction of sp³-hybridized carbons (Fsp3) is 0.389. The van der Waals surface area contributed by atoms with Gasteiger partial charge in [-0.05, 0) is 44.0 Å². The first-order valence-electron chi connectivity index (χ1n) is 7.86. The molecule has 1 unspecified atom stereocenters. The van der Waals surface area contributed by atoms with E-state index in [0.717, 1.165) is 42.4 Å². The lowest BCUT2D eigenvalue weighted by molar-refractivity contribution is 0.673. The largest absolute Gasteiger partial charge is 0.368 e. The Kier molecular flexibility index (Phi) is 4.16. The van der Waals surface area contributed by atoms with Crippen LogP contribution in [0.15, 0.2) is 30.5 Å². The Labute approximate surface area is 137 Å². The molecule has 5 heteroatoms. The minimum absolute atomic E-state index is 0.351. The third-order valence-electron chi connectivity index (χ3n) is 4.42. The Hall–Kier alpha value is -2.61. The second kappa shape index (κ2) is 6.25. The molecule has 5 nitrogen and oxygen atoms in total. The van der Waals surface area contributed by atoms with Crippen molar-refractivity contribution < 1.29 is 0 Å². The van der Waals surface area contributed by atoms with Gasteiger partial charge in [0.05, 0.1) is 17.3 Å². The SMILES string of the molecule is Cc1ccc(C#N)c(N2CCC(N(C)c3nccc(C)n3)C2)c1. The van der Waals surface area contributed by atoms with Crippen LogP contribution in [0.3, 0.4) is 0 Å². The number of hydrogen-bond donors (Lipinski definition) is 0. The first kappa shape index (κ1) is 15.3. The van der Waals surface area contributed by atoms with Crippen LogP contribution in [0.5, 0.6) is 0 Å². The molecule has 1 atom stereocenters. The topological polar surface area (TPSA) is 56.1 Å². The standard InChI is InChI=1S/C18H21N5/c1-13-4-5-15(11-19)17(10-13)23-9-7-16(12-23)22(3)18-20-8-6-14(2)21-18/h4-6,8,10,16H,7,9,12H2,1-3H3. The van der Waals surface area contributed by atoms with Gasteiger partial charge in [0, 0.05) is 32.0 Å². The molecule has 0 bridgehead atoms. The summed E-state index contributed by atoms with van der Waals surface area (Å²) in [5.41, 5.74) is 3.93. The van der Waals surface area contributed by atoms with E-state index in [1.807, 2.05) is 32.2 Å². The number of aromatic nitrogens is 2. The van der Waals surface area contributed by atoms with Crippen molar-refractivity contribution in [3.63, 3.8) is 0 Å². The van der Waals surface area contributed by atoms with Gasteiger partial charge in [0.1, 0.15) is 6.07 Å². The van der Waals surface area contributed by atoms with Crippen molar-refractivity contribution in [2.45, 2.75) is 26.3 Å². The molecule has 23 heavy (non-hydrogen) atoms. The summed E-state index contributed by atoms with van der Waals surface area (Å²) in [5.74, 6) is 0.765. The Morgan fingerprint density at radius 2 is 2.13 bits per heavy atom. The molecule has 2 aromatic rings. The van der Waals surface area contributed by atoms with Crippen LogP contribution >= 0.6 is 0 Å². The lowest BCUT2D eigenvalue weighted by Crippen LogP contribution is -2.35. The van der Waals surface area contributed by atoms with Gasteiger partial charge >= 0.3 is 0 Å². The summed E-state index contributed by atoms with van der Waals surface area (Å²) >= 11 is 0. The summed E-state index contributed by atoms with van der Waals surface area (Å²) < 4.78 is 0. The monoisotopic (exact) mass is 307 g/mol. The number of nitriles is 1. The number of benzene rings is 1. The van der Waals surface area contributed by atoms with E-state index in [1.54, 1.807) is 6.20 Å². The second-order valence-electron chi connectivity index (χ2n) is 6.13. The summed E-state index contributed by atoms with van der Waals surface area (Å²) in [4.78, 5) is 13.3. The van der Waals surface area contributed by atoms with Crippen LogP contribution in [0.2, 0.25) is 0 Å².